The molecule has 0 radical (unpaired) electrons. The molecular formula is C13H14N6O. The Kier molecular flexibility index (Phi) is 3.16. The number of hydrogen-bond donors (Lipinski definition) is 1. The van der Waals surface area contributed by atoms with E-state index in [9.17, 15) is 4.79 Å². The minimum atomic E-state index is -0.204. The van der Waals surface area contributed by atoms with Gasteiger partial charge in [0.05, 0.1) is 18.4 Å². The normalized spacial score (nSPS) is 10.8. The zero-order valence-electron chi connectivity index (χ0n) is 11.0. The first-order valence-corrected chi connectivity index (χ1v) is 6.37. The van der Waals surface area contributed by atoms with Crippen LogP contribution in [0.5, 0.6) is 0 Å². The van der Waals surface area contributed by atoms with Crippen molar-refractivity contribution in [3.05, 3.63) is 48.2 Å². The van der Waals surface area contributed by atoms with Crippen LogP contribution < -0.4 is 5.32 Å². The van der Waals surface area contributed by atoms with E-state index in [2.05, 4.69) is 20.5 Å². The third-order valence-corrected chi connectivity index (χ3v) is 2.97. The zero-order chi connectivity index (χ0) is 13.9. The van der Waals surface area contributed by atoms with E-state index in [1.54, 1.807) is 23.0 Å². The fraction of sp³-hybridized carbons (Fsp3) is 0.231. The fourth-order valence-corrected chi connectivity index (χ4v) is 1.93. The van der Waals surface area contributed by atoms with Gasteiger partial charge >= 0.3 is 0 Å². The highest BCUT2D eigenvalue weighted by Gasteiger charge is 2.13. The van der Waals surface area contributed by atoms with Crippen molar-refractivity contribution in [1.29, 1.82) is 0 Å². The molecule has 0 atom stereocenters. The van der Waals surface area contributed by atoms with Crippen molar-refractivity contribution >= 4 is 11.6 Å². The topological polar surface area (TPSA) is 77.1 Å². The van der Waals surface area contributed by atoms with Crippen molar-refractivity contribution in [2.75, 3.05) is 0 Å². The lowest BCUT2D eigenvalue weighted by Crippen LogP contribution is -2.23. The van der Waals surface area contributed by atoms with Gasteiger partial charge < -0.3 is 5.32 Å². The second-order valence-corrected chi connectivity index (χ2v) is 4.29. The number of aromatic nitrogens is 5. The standard InChI is InChI=1S/C13H14N6O/c1-2-18-7-4-10(17-18)8-15-13(20)11-9-16-19-6-3-5-14-12(11)19/h3-7,9H,2,8H2,1H3,(H,15,20). The molecule has 0 aliphatic carbocycles. The van der Waals surface area contributed by atoms with E-state index < -0.39 is 0 Å². The quantitative estimate of drug-likeness (QED) is 0.763. The average molecular weight is 270 g/mol. The Balaban J connectivity index is 1.73. The Morgan fingerprint density at radius 1 is 1.40 bits per heavy atom. The first-order chi connectivity index (χ1) is 9.78. The fourth-order valence-electron chi connectivity index (χ4n) is 1.93. The Morgan fingerprint density at radius 2 is 2.30 bits per heavy atom. The molecule has 7 heteroatoms. The maximum atomic E-state index is 12.1. The highest BCUT2D eigenvalue weighted by Crippen LogP contribution is 2.07. The summed E-state index contributed by atoms with van der Waals surface area (Å²) >= 11 is 0. The van der Waals surface area contributed by atoms with Crippen LogP contribution in [0.4, 0.5) is 0 Å². The van der Waals surface area contributed by atoms with Crippen LogP contribution in [0.2, 0.25) is 0 Å². The third kappa shape index (κ3) is 2.25. The van der Waals surface area contributed by atoms with E-state index in [1.165, 1.54) is 6.20 Å². The Hall–Kier alpha value is -2.70. The molecule has 0 unspecified atom stereocenters. The van der Waals surface area contributed by atoms with E-state index in [0.29, 0.717) is 17.8 Å². The van der Waals surface area contributed by atoms with Crippen LogP contribution in [-0.2, 0) is 13.1 Å². The lowest BCUT2D eigenvalue weighted by Gasteiger charge is -2.01. The summed E-state index contributed by atoms with van der Waals surface area (Å²) in [5.74, 6) is -0.204. The molecule has 1 N–H and O–H groups in total. The van der Waals surface area contributed by atoms with Crippen molar-refractivity contribution in [3.8, 4) is 0 Å². The average Bonchev–Trinajstić information content (AvgIpc) is 3.11. The maximum Gasteiger partial charge on any atom is 0.257 e. The minimum Gasteiger partial charge on any atom is -0.346 e. The second-order valence-electron chi connectivity index (χ2n) is 4.29. The number of rotatable bonds is 4. The molecule has 1 amide bonds. The van der Waals surface area contributed by atoms with Gasteiger partial charge in [-0.2, -0.15) is 10.2 Å². The van der Waals surface area contributed by atoms with Crippen molar-refractivity contribution in [1.82, 2.24) is 29.7 Å². The Bertz CT molecular complexity index is 744. The predicted molar refractivity (Wildman–Crippen MR) is 72.1 cm³/mol. The van der Waals surface area contributed by atoms with Crippen LogP contribution in [-0.4, -0.2) is 30.3 Å². The first kappa shape index (κ1) is 12.3. The van der Waals surface area contributed by atoms with E-state index in [4.69, 9.17) is 0 Å². The number of nitrogens with one attached hydrogen (secondary N) is 1. The van der Waals surface area contributed by atoms with Gasteiger partial charge in [0.25, 0.3) is 5.91 Å². The second kappa shape index (κ2) is 5.12. The molecule has 3 aromatic rings. The zero-order valence-corrected chi connectivity index (χ0v) is 11.0. The highest BCUT2D eigenvalue weighted by atomic mass is 16.1. The predicted octanol–water partition coefficient (Wildman–Crippen LogP) is 0.876. The number of hydrogen-bond acceptors (Lipinski definition) is 4. The first-order valence-electron chi connectivity index (χ1n) is 6.37. The van der Waals surface area contributed by atoms with Crippen LogP contribution in [0.25, 0.3) is 5.65 Å². The summed E-state index contributed by atoms with van der Waals surface area (Å²) in [6.07, 6.45) is 6.79. The summed E-state index contributed by atoms with van der Waals surface area (Å²) in [5, 5.41) is 11.2. The number of fused-ring (bicyclic) bond motifs is 1. The van der Waals surface area contributed by atoms with Gasteiger partial charge in [-0.15, -0.1) is 0 Å². The van der Waals surface area contributed by atoms with Crippen LogP contribution in [0.15, 0.2) is 36.9 Å². The number of carbonyl (C=O) groups is 1. The number of nitrogens with zero attached hydrogens (tertiary/aromatic N) is 5. The molecule has 0 fully saturated rings. The Labute approximate surface area is 115 Å². The van der Waals surface area contributed by atoms with E-state index >= 15 is 0 Å². The van der Waals surface area contributed by atoms with E-state index in [0.717, 1.165) is 12.2 Å². The van der Waals surface area contributed by atoms with Gasteiger partial charge in [0, 0.05) is 25.1 Å². The molecule has 0 saturated heterocycles. The van der Waals surface area contributed by atoms with Crippen molar-refractivity contribution < 1.29 is 4.79 Å². The minimum absolute atomic E-state index is 0.204. The van der Waals surface area contributed by atoms with Crippen LogP contribution in [0.1, 0.15) is 23.0 Å². The summed E-state index contributed by atoms with van der Waals surface area (Å²) in [5.41, 5.74) is 1.83. The molecule has 3 rings (SSSR count). The van der Waals surface area contributed by atoms with Gasteiger partial charge in [-0.1, -0.05) is 0 Å². The SMILES string of the molecule is CCn1ccc(CNC(=O)c2cnn3cccnc23)n1. The molecule has 0 aliphatic rings. The summed E-state index contributed by atoms with van der Waals surface area (Å²) in [4.78, 5) is 16.3. The monoisotopic (exact) mass is 270 g/mol. The number of carbonyl (C=O) groups excluding carboxylic acids is 1. The molecule has 0 aliphatic heterocycles. The molecular weight excluding hydrogens is 256 g/mol. The molecule has 3 heterocycles. The molecule has 0 spiro atoms. The largest absolute Gasteiger partial charge is 0.346 e. The van der Waals surface area contributed by atoms with E-state index in [1.807, 2.05) is 23.9 Å². The number of amides is 1. The maximum absolute atomic E-state index is 12.1. The van der Waals surface area contributed by atoms with Gasteiger partial charge in [0.15, 0.2) is 5.65 Å². The van der Waals surface area contributed by atoms with Gasteiger partial charge in [-0.25, -0.2) is 9.50 Å². The molecule has 20 heavy (non-hydrogen) atoms. The van der Waals surface area contributed by atoms with Crippen molar-refractivity contribution in [2.24, 2.45) is 0 Å². The third-order valence-electron chi connectivity index (χ3n) is 2.97. The summed E-state index contributed by atoms with van der Waals surface area (Å²) in [6, 6.07) is 3.65. The lowest BCUT2D eigenvalue weighted by molar-refractivity contribution is 0.0952. The molecule has 102 valence electrons. The van der Waals surface area contributed by atoms with Crippen LogP contribution >= 0.6 is 0 Å². The number of aryl methyl sites for hydroxylation is 1. The van der Waals surface area contributed by atoms with Gasteiger partial charge in [-0.05, 0) is 19.1 Å². The highest BCUT2D eigenvalue weighted by molar-refractivity contribution is 5.99. The van der Waals surface area contributed by atoms with Gasteiger partial charge in [-0.3, -0.25) is 9.48 Å². The summed E-state index contributed by atoms with van der Waals surface area (Å²) in [7, 11) is 0. The molecule has 0 bridgehead atoms. The van der Waals surface area contributed by atoms with Crippen LogP contribution in [0.3, 0.4) is 0 Å². The molecule has 0 aromatic carbocycles. The summed E-state index contributed by atoms with van der Waals surface area (Å²) < 4.78 is 3.39. The van der Waals surface area contributed by atoms with E-state index in [-0.39, 0.29) is 5.91 Å². The van der Waals surface area contributed by atoms with Crippen molar-refractivity contribution in [3.63, 3.8) is 0 Å². The Morgan fingerprint density at radius 3 is 3.10 bits per heavy atom. The van der Waals surface area contributed by atoms with Crippen molar-refractivity contribution in [2.45, 2.75) is 20.0 Å². The molecule has 7 nitrogen and oxygen atoms in total. The summed E-state index contributed by atoms with van der Waals surface area (Å²) in [6.45, 7) is 3.21. The molecule has 3 aromatic heterocycles. The van der Waals surface area contributed by atoms with Gasteiger partial charge in [0.2, 0.25) is 0 Å². The van der Waals surface area contributed by atoms with Gasteiger partial charge in [0.1, 0.15) is 5.56 Å². The smallest absolute Gasteiger partial charge is 0.257 e. The van der Waals surface area contributed by atoms with Crippen LogP contribution in [0, 0.1) is 0 Å². The molecule has 0 saturated carbocycles. The lowest BCUT2D eigenvalue weighted by atomic mass is 10.3.